The number of aromatic nitrogens is 2. The zero-order valence-electron chi connectivity index (χ0n) is 9.50. The van der Waals surface area contributed by atoms with E-state index in [0.717, 1.165) is 6.54 Å². The molecule has 0 fully saturated rings. The van der Waals surface area contributed by atoms with Gasteiger partial charge < -0.3 is 9.30 Å². The lowest BCUT2D eigenvalue weighted by Crippen LogP contribution is -2.26. The molecule has 0 amide bonds. The molecule has 0 radical (unpaired) electrons. The van der Waals surface area contributed by atoms with Gasteiger partial charge in [0.25, 0.3) is 0 Å². The molecule has 1 heterocycles. The predicted octanol–water partition coefficient (Wildman–Crippen LogP) is 2.49. The second-order valence-corrected chi connectivity index (χ2v) is 3.92. The number of hydrogen-bond donors (Lipinski definition) is 0. The first kappa shape index (κ1) is 11.8. The molecule has 1 aromatic heterocycles. The number of imidazole rings is 1. The summed E-state index contributed by atoms with van der Waals surface area (Å²) in [6, 6.07) is 0. The van der Waals surface area contributed by atoms with Crippen LogP contribution in [0.5, 0.6) is 0 Å². The van der Waals surface area contributed by atoms with Crippen LogP contribution in [0.25, 0.3) is 0 Å². The minimum atomic E-state index is -0.250. The van der Waals surface area contributed by atoms with Gasteiger partial charge in [0.1, 0.15) is 5.83 Å². The summed E-state index contributed by atoms with van der Waals surface area (Å²) in [6.07, 6.45) is 11.6. The molecule has 3 nitrogen and oxygen atoms in total. The van der Waals surface area contributed by atoms with E-state index in [1.807, 2.05) is 16.8 Å². The van der Waals surface area contributed by atoms with Crippen molar-refractivity contribution in [1.82, 2.24) is 9.55 Å². The minimum Gasteiger partial charge on any atom is -0.369 e. The van der Waals surface area contributed by atoms with E-state index in [0.29, 0.717) is 6.61 Å². The molecule has 1 aromatic rings. The fourth-order valence-corrected chi connectivity index (χ4v) is 1.81. The summed E-state index contributed by atoms with van der Waals surface area (Å²) >= 11 is 0. The summed E-state index contributed by atoms with van der Waals surface area (Å²) in [6.45, 7) is 4.74. The van der Waals surface area contributed by atoms with Crippen molar-refractivity contribution in [3.8, 4) is 0 Å². The molecule has 0 saturated heterocycles. The van der Waals surface area contributed by atoms with Crippen molar-refractivity contribution in [3.05, 3.63) is 55.4 Å². The zero-order valence-corrected chi connectivity index (χ0v) is 9.50. The van der Waals surface area contributed by atoms with Crippen molar-refractivity contribution < 1.29 is 9.13 Å². The average molecular weight is 234 g/mol. The van der Waals surface area contributed by atoms with Gasteiger partial charge in [-0.15, -0.1) is 6.58 Å². The second kappa shape index (κ2) is 5.59. The van der Waals surface area contributed by atoms with Crippen molar-refractivity contribution in [2.24, 2.45) is 5.92 Å². The SMILES string of the molecule is C=CCOC1C=C(F)C=CC1Cn1ccnc1. The Labute approximate surface area is 99.9 Å². The summed E-state index contributed by atoms with van der Waals surface area (Å²) in [5.74, 6) is -0.135. The van der Waals surface area contributed by atoms with E-state index in [2.05, 4.69) is 11.6 Å². The molecular weight excluding hydrogens is 219 g/mol. The van der Waals surface area contributed by atoms with Gasteiger partial charge in [-0.2, -0.15) is 0 Å². The molecule has 90 valence electrons. The highest BCUT2D eigenvalue weighted by molar-refractivity contribution is 5.21. The Kier molecular flexibility index (Phi) is 3.88. The van der Waals surface area contributed by atoms with Crippen molar-refractivity contribution in [2.75, 3.05) is 6.61 Å². The largest absolute Gasteiger partial charge is 0.369 e. The number of allylic oxidation sites excluding steroid dienone is 2. The normalized spacial score (nSPS) is 23.5. The molecule has 2 unspecified atom stereocenters. The van der Waals surface area contributed by atoms with E-state index >= 15 is 0 Å². The van der Waals surface area contributed by atoms with E-state index in [4.69, 9.17) is 4.74 Å². The Bertz CT molecular complexity index is 423. The third-order valence-electron chi connectivity index (χ3n) is 2.64. The van der Waals surface area contributed by atoms with Crippen LogP contribution in [0.4, 0.5) is 4.39 Å². The number of nitrogens with zero attached hydrogens (tertiary/aromatic N) is 2. The van der Waals surface area contributed by atoms with Crippen LogP contribution in [0.2, 0.25) is 0 Å². The molecule has 2 rings (SSSR count). The average Bonchev–Trinajstić information content (AvgIpc) is 2.82. The first-order chi connectivity index (χ1) is 8.29. The monoisotopic (exact) mass is 234 g/mol. The summed E-state index contributed by atoms with van der Waals surface area (Å²) in [4.78, 5) is 3.98. The first-order valence-electron chi connectivity index (χ1n) is 5.53. The summed E-state index contributed by atoms with van der Waals surface area (Å²) in [5, 5.41) is 0. The maximum atomic E-state index is 13.2. The molecule has 0 aromatic carbocycles. The van der Waals surface area contributed by atoms with Crippen molar-refractivity contribution in [3.63, 3.8) is 0 Å². The summed E-state index contributed by atoms with van der Waals surface area (Å²) in [5.41, 5.74) is 0. The van der Waals surface area contributed by atoms with Crippen LogP contribution in [-0.2, 0) is 11.3 Å². The van der Waals surface area contributed by atoms with Crippen LogP contribution in [0.1, 0.15) is 0 Å². The van der Waals surface area contributed by atoms with E-state index in [1.165, 1.54) is 12.2 Å². The molecule has 2 atom stereocenters. The highest BCUT2D eigenvalue weighted by Gasteiger charge is 2.21. The third-order valence-corrected chi connectivity index (χ3v) is 2.64. The number of ether oxygens (including phenoxy) is 1. The van der Waals surface area contributed by atoms with Crippen LogP contribution in [-0.4, -0.2) is 22.3 Å². The highest BCUT2D eigenvalue weighted by atomic mass is 19.1. The van der Waals surface area contributed by atoms with Gasteiger partial charge in [0, 0.05) is 24.9 Å². The van der Waals surface area contributed by atoms with Crippen LogP contribution in [0.3, 0.4) is 0 Å². The summed E-state index contributed by atoms with van der Waals surface area (Å²) < 4.78 is 20.7. The maximum Gasteiger partial charge on any atom is 0.121 e. The minimum absolute atomic E-state index is 0.114. The Morgan fingerprint density at radius 2 is 2.47 bits per heavy atom. The van der Waals surface area contributed by atoms with Crippen molar-refractivity contribution in [1.29, 1.82) is 0 Å². The van der Waals surface area contributed by atoms with Gasteiger partial charge in [0.15, 0.2) is 0 Å². The Hall–Kier alpha value is -1.68. The molecule has 1 aliphatic rings. The number of rotatable bonds is 5. The lowest BCUT2D eigenvalue weighted by Gasteiger charge is -2.24. The fraction of sp³-hybridized carbons (Fsp3) is 0.308. The van der Waals surface area contributed by atoms with Gasteiger partial charge in [-0.1, -0.05) is 12.2 Å². The molecular formula is C13H15FN2O. The highest BCUT2D eigenvalue weighted by Crippen LogP contribution is 2.22. The Morgan fingerprint density at radius 3 is 3.18 bits per heavy atom. The maximum absolute atomic E-state index is 13.2. The van der Waals surface area contributed by atoms with Crippen LogP contribution < -0.4 is 0 Å². The van der Waals surface area contributed by atoms with Gasteiger partial charge in [0.05, 0.1) is 19.0 Å². The zero-order chi connectivity index (χ0) is 12.1. The standard InChI is InChI=1S/C13H15FN2O/c1-2-7-17-13-8-12(14)4-3-11(13)9-16-6-5-15-10-16/h2-6,8,10-11,13H,1,7,9H2. The lowest BCUT2D eigenvalue weighted by atomic mass is 9.97. The molecule has 0 bridgehead atoms. The number of halogens is 1. The van der Waals surface area contributed by atoms with Crippen molar-refractivity contribution >= 4 is 0 Å². The van der Waals surface area contributed by atoms with Crippen LogP contribution >= 0.6 is 0 Å². The van der Waals surface area contributed by atoms with E-state index in [-0.39, 0.29) is 17.8 Å². The molecule has 0 N–H and O–H groups in total. The quantitative estimate of drug-likeness (QED) is 0.732. The first-order valence-corrected chi connectivity index (χ1v) is 5.53. The van der Waals surface area contributed by atoms with Gasteiger partial charge in [-0.25, -0.2) is 9.37 Å². The Balaban J connectivity index is 2.03. The third kappa shape index (κ3) is 3.14. The van der Waals surface area contributed by atoms with E-state index < -0.39 is 0 Å². The topological polar surface area (TPSA) is 27.1 Å². The molecule has 4 heteroatoms. The molecule has 0 spiro atoms. The van der Waals surface area contributed by atoms with Crippen LogP contribution in [0, 0.1) is 5.92 Å². The van der Waals surface area contributed by atoms with E-state index in [1.54, 1.807) is 18.6 Å². The molecule has 17 heavy (non-hydrogen) atoms. The predicted molar refractivity (Wildman–Crippen MR) is 64.0 cm³/mol. The van der Waals surface area contributed by atoms with Gasteiger partial charge >= 0.3 is 0 Å². The van der Waals surface area contributed by atoms with Crippen LogP contribution in [0.15, 0.2) is 55.4 Å². The lowest BCUT2D eigenvalue weighted by molar-refractivity contribution is 0.0706. The molecule has 0 aliphatic heterocycles. The number of hydrogen-bond acceptors (Lipinski definition) is 2. The van der Waals surface area contributed by atoms with E-state index in [9.17, 15) is 4.39 Å². The second-order valence-electron chi connectivity index (χ2n) is 3.92. The van der Waals surface area contributed by atoms with Crippen molar-refractivity contribution in [2.45, 2.75) is 12.6 Å². The van der Waals surface area contributed by atoms with Gasteiger partial charge in [-0.3, -0.25) is 0 Å². The van der Waals surface area contributed by atoms with Gasteiger partial charge in [0.2, 0.25) is 0 Å². The smallest absolute Gasteiger partial charge is 0.121 e. The molecule has 0 saturated carbocycles. The Morgan fingerprint density at radius 1 is 1.59 bits per heavy atom. The fourth-order valence-electron chi connectivity index (χ4n) is 1.81. The summed E-state index contributed by atoms with van der Waals surface area (Å²) in [7, 11) is 0. The molecule has 1 aliphatic carbocycles. The van der Waals surface area contributed by atoms with Gasteiger partial charge in [-0.05, 0) is 12.2 Å².